The van der Waals surface area contributed by atoms with E-state index in [1.165, 1.54) is 16.8 Å². The number of aryl methyl sites for hydroxylation is 1. The molecule has 0 radical (unpaired) electrons. The molecule has 0 aliphatic carbocycles. The Morgan fingerprint density at radius 2 is 1.38 bits per heavy atom. The van der Waals surface area contributed by atoms with Crippen molar-refractivity contribution in [1.82, 2.24) is 14.7 Å². The molecule has 0 N–H and O–H groups in total. The lowest BCUT2D eigenvalue weighted by Crippen LogP contribution is -2.56. The number of anilines is 1. The van der Waals surface area contributed by atoms with Gasteiger partial charge in [0.25, 0.3) is 0 Å². The molecule has 6 heteroatoms. The second-order valence-electron chi connectivity index (χ2n) is 7.22. The van der Waals surface area contributed by atoms with Gasteiger partial charge in [0.15, 0.2) is 0 Å². The third-order valence-corrected chi connectivity index (χ3v) is 5.77. The molecule has 1 aromatic carbocycles. The van der Waals surface area contributed by atoms with Gasteiger partial charge in [-0.15, -0.1) is 0 Å². The van der Waals surface area contributed by atoms with Crippen LogP contribution in [0.3, 0.4) is 0 Å². The first-order valence-electron chi connectivity index (χ1n) is 9.63. The maximum atomic E-state index is 12.6. The highest BCUT2D eigenvalue weighted by Gasteiger charge is 2.31. The van der Waals surface area contributed by atoms with Gasteiger partial charge >= 0.3 is 11.8 Å². The third kappa shape index (κ3) is 3.85. The van der Waals surface area contributed by atoms with Crippen LogP contribution in [0.15, 0.2) is 18.2 Å². The number of rotatable bonds is 2. The van der Waals surface area contributed by atoms with Crippen molar-refractivity contribution in [2.24, 2.45) is 0 Å². The lowest BCUT2D eigenvalue weighted by atomic mass is 10.1. The summed E-state index contributed by atoms with van der Waals surface area (Å²) in [7, 11) is 0. The Morgan fingerprint density at radius 1 is 0.846 bits per heavy atom. The molecule has 0 bridgehead atoms. The van der Waals surface area contributed by atoms with Gasteiger partial charge < -0.3 is 19.6 Å². The largest absolute Gasteiger partial charge is 0.368 e. The number of carbonyl (C=O) groups excluding carboxylic acids is 2. The van der Waals surface area contributed by atoms with Gasteiger partial charge in [0.1, 0.15) is 0 Å². The van der Waals surface area contributed by atoms with Crippen molar-refractivity contribution in [3.05, 3.63) is 29.3 Å². The number of nitrogens with zero attached hydrogens (tertiary/aromatic N) is 4. The van der Waals surface area contributed by atoms with Crippen LogP contribution in [0.1, 0.15) is 18.1 Å². The van der Waals surface area contributed by atoms with E-state index in [2.05, 4.69) is 48.8 Å². The zero-order chi connectivity index (χ0) is 18.7. The minimum atomic E-state index is -0.337. The molecular formula is C20H30N4O2. The van der Waals surface area contributed by atoms with Gasteiger partial charge in [-0.25, -0.2) is 0 Å². The molecule has 3 rings (SSSR count). The highest BCUT2D eigenvalue weighted by Crippen LogP contribution is 2.24. The third-order valence-electron chi connectivity index (χ3n) is 5.77. The smallest absolute Gasteiger partial charge is 0.312 e. The molecule has 26 heavy (non-hydrogen) atoms. The SMILES string of the molecule is CCN1CCN(C(=O)C(=O)N2CCN(c3cccc(C)c3C)CC2)CC1. The maximum Gasteiger partial charge on any atom is 0.312 e. The number of hydrogen-bond acceptors (Lipinski definition) is 4. The summed E-state index contributed by atoms with van der Waals surface area (Å²) in [5, 5.41) is 0. The fourth-order valence-corrected chi connectivity index (χ4v) is 3.77. The highest BCUT2D eigenvalue weighted by molar-refractivity contribution is 6.35. The Hall–Kier alpha value is -2.08. The Bertz CT molecular complexity index is 660. The Labute approximate surface area is 156 Å². The molecule has 0 unspecified atom stereocenters. The second kappa shape index (κ2) is 8.08. The fraction of sp³-hybridized carbons (Fsp3) is 0.600. The Balaban J connectivity index is 1.55. The summed E-state index contributed by atoms with van der Waals surface area (Å²) in [5.74, 6) is -0.670. The molecule has 2 aliphatic heterocycles. The number of benzene rings is 1. The number of hydrogen-bond donors (Lipinski definition) is 0. The molecule has 0 atom stereocenters. The fourth-order valence-electron chi connectivity index (χ4n) is 3.77. The number of amides is 2. The van der Waals surface area contributed by atoms with Crippen molar-refractivity contribution in [2.45, 2.75) is 20.8 Å². The van der Waals surface area contributed by atoms with Crippen molar-refractivity contribution in [1.29, 1.82) is 0 Å². The molecule has 0 spiro atoms. The van der Waals surface area contributed by atoms with E-state index < -0.39 is 0 Å². The van der Waals surface area contributed by atoms with E-state index in [0.717, 1.165) is 32.7 Å². The molecule has 2 fully saturated rings. The lowest BCUT2D eigenvalue weighted by Gasteiger charge is -2.38. The number of carbonyl (C=O) groups is 2. The van der Waals surface area contributed by atoms with Crippen LogP contribution in [0.5, 0.6) is 0 Å². The highest BCUT2D eigenvalue weighted by atomic mass is 16.2. The van der Waals surface area contributed by atoms with Gasteiger partial charge in [-0.2, -0.15) is 0 Å². The second-order valence-corrected chi connectivity index (χ2v) is 7.22. The molecule has 142 valence electrons. The molecule has 2 heterocycles. The molecule has 6 nitrogen and oxygen atoms in total. The summed E-state index contributed by atoms with van der Waals surface area (Å²) in [4.78, 5) is 33.2. The minimum absolute atomic E-state index is 0.332. The summed E-state index contributed by atoms with van der Waals surface area (Å²) in [6, 6.07) is 6.34. The number of piperazine rings is 2. The van der Waals surface area contributed by atoms with Crippen LogP contribution in [0, 0.1) is 13.8 Å². The average molecular weight is 358 g/mol. The molecule has 2 amide bonds. The van der Waals surface area contributed by atoms with Crippen LogP contribution in [0.4, 0.5) is 5.69 Å². The van der Waals surface area contributed by atoms with Crippen molar-refractivity contribution >= 4 is 17.5 Å². The lowest BCUT2D eigenvalue weighted by molar-refractivity contribution is -0.153. The molecule has 2 saturated heterocycles. The van der Waals surface area contributed by atoms with Crippen LogP contribution in [0.25, 0.3) is 0 Å². The van der Waals surface area contributed by atoms with Gasteiger partial charge in [-0.3, -0.25) is 9.59 Å². The van der Waals surface area contributed by atoms with Crippen molar-refractivity contribution in [2.75, 3.05) is 63.8 Å². The van der Waals surface area contributed by atoms with Crippen LogP contribution >= 0.6 is 0 Å². The molecular weight excluding hydrogens is 328 g/mol. The van der Waals surface area contributed by atoms with Crippen molar-refractivity contribution in [3.63, 3.8) is 0 Å². The Morgan fingerprint density at radius 3 is 1.92 bits per heavy atom. The van der Waals surface area contributed by atoms with Crippen LogP contribution < -0.4 is 4.90 Å². The van der Waals surface area contributed by atoms with Gasteiger partial charge in [-0.05, 0) is 37.6 Å². The summed E-state index contributed by atoms with van der Waals surface area (Å²) in [6.07, 6.45) is 0. The van der Waals surface area contributed by atoms with Gasteiger partial charge in [0, 0.05) is 58.0 Å². The predicted octanol–water partition coefficient (Wildman–Crippen LogP) is 1.12. The van der Waals surface area contributed by atoms with Gasteiger partial charge in [0.05, 0.1) is 0 Å². The molecule has 2 aliphatic rings. The van der Waals surface area contributed by atoms with E-state index in [1.54, 1.807) is 9.80 Å². The van der Waals surface area contributed by atoms with Crippen LogP contribution in [-0.2, 0) is 9.59 Å². The van der Waals surface area contributed by atoms with E-state index in [-0.39, 0.29) is 11.8 Å². The normalized spacial score (nSPS) is 19.0. The van der Waals surface area contributed by atoms with Crippen LogP contribution in [-0.4, -0.2) is 85.4 Å². The Kier molecular flexibility index (Phi) is 5.81. The maximum absolute atomic E-state index is 12.6. The minimum Gasteiger partial charge on any atom is -0.368 e. The van der Waals surface area contributed by atoms with Crippen molar-refractivity contribution in [3.8, 4) is 0 Å². The average Bonchev–Trinajstić information content (AvgIpc) is 2.69. The van der Waals surface area contributed by atoms with Crippen molar-refractivity contribution < 1.29 is 9.59 Å². The predicted molar refractivity (Wildman–Crippen MR) is 103 cm³/mol. The van der Waals surface area contributed by atoms with E-state index in [0.29, 0.717) is 26.2 Å². The summed E-state index contributed by atoms with van der Waals surface area (Å²) in [6.45, 7) is 13.2. The van der Waals surface area contributed by atoms with E-state index >= 15 is 0 Å². The van der Waals surface area contributed by atoms with E-state index in [1.807, 2.05) is 0 Å². The number of likely N-dealkylation sites (N-methyl/N-ethyl adjacent to an activating group) is 1. The zero-order valence-electron chi connectivity index (χ0n) is 16.2. The van der Waals surface area contributed by atoms with Crippen LogP contribution in [0.2, 0.25) is 0 Å². The first-order chi connectivity index (χ1) is 12.5. The molecule has 0 aromatic heterocycles. The van der Waals surface area contributed by atoms with Gasteiger partial charge in [0.2, 0.25) is 0 Å². The first kappa shape index (κ1) is 18.7. The molecule has 0 saturated carbocycles. The van der Waals surface area contributed by atoms with Gasteiger partial charge in [-0.1, -0.05) is 19.1 Å². The quantitative estimate of drug-likeness (QED) is 0.744. The van der Waals surface area contributed by atoms with E-state index in [9.17, 15) is 9.59 Å². The molecule has 1 aromatic rings. The monoisotopic (exact) mass is 358 g/mol. The standard InChI is InChI=1S/C20H30N4O2/c1-4-21-8-10-23(11-9-21)19(25)20(26)24-14-12-22(13-15-24)18-7-5-6-16(2)17(18)3/h5-7H,4,8-15H2,1-3H3. The summed E-state index contributed by atoms with van der Waals surface area (Å²) >= 11 is 0. The zero-order valence-corrected chi connectivity index (χ0v) is 16.2. The topological polar surface area (TPSA) is 47.1 Å². The summed E-state index contributed by atoms with van der Waals surface area (Å²) in [5.41, 5.74) is 3.80. The summed E-state index contributed by atoms with van der Waals surface area (Å²) < 4.78 is 0. The van der Waals surface area contributed by atoms with E-state index in [4.69, 9.17) is 0 Å². The first-order valence-corrected chi connectivity index (χ1v) is 9.63.